The zero-order chi connectivity index (χ0) is 44.9. The molecule has 0 saturated carbocycles. The Hall–Kier alpha value is -5.23. The van der Waals surface area contributed by atoms with Crippen LogP contribution in [0.15, 0.2) is 35.1 Å². The molecule has 0 aliphatic carbocycles. The second kappa shape index (κ2) is 19.9. The average Bonchev–Trinajstić information content (AvgIpc) is 3.89. The number of carbonyl (C=O) groups excluding carboxylic acids is 5. The number of likely N-dealkylation sites (N-methyl/N-ethyl adjacent to an activating group) is 3. The van der Waals surface area contributed by atoms with Gasteiger partial charge in [0.05, 0.1) is 42.1 Å². The van der Waals surface area contributed by atoms with E-state index in [0.29, 0.717) is 50.4 Å². The predicted molar refractivity (Wildman–Crippen MR) is 234 cm³/mol. The SMILES string of the molecule is CCc1c2c(nc3ccccc13)-c1cc3c(c(=O)n1C2)COC(=O)[C@@]3(CC)OC(=O)[C@@H](NC(=O)[C@@H]1CCCN1C(=O)CNC(=O)CN(C)CCN(C)CCN(C)CCN)C(C)C. The van der Waals surface area contributed by atoms with Crippen molar-refractivity contribution in [3.8, 4) is 11.4 Å². The number of rotatable bonds is 19. The van der Waals surface area contributed by atoms with E-state index in [2.05, 4.69) is 27.4 Å². The highest BCUT2D eigenvalue weighted by Gasteiger charge is 2.52. The van der Waals surface area contributed by atoms with Crippen LogP contribution in [0.2, 0.25) is 0 Å². The van der Waals surface area contributed by atoms with Crippen molar-refractivity contribution in [3.05, 3.63) is 62.9 Å². The molecule has 3 atom stereocenters. The molecule has 3 aromatic rings. The van der Waals surface area contributed by atoms with Crippen LogP contribution >= 0.6 is 0 Å². The van der Waals surface area contributed by atoms with Gasteiger partial charge in [0.25, 0.3) is 5.56 Å². The molecule has 2 aromatic heterocycles. The molecule has 4 N–H and O–H groups in total. The van der Waals surface area contributed by atoms with Crippen molar-refractivity contribution >= 4 is 40.6 Å². The quantitative estimate of drug-likeness (QED) is 0.114. The van der Waals surface area contributed by atoms with Crippen LogP contribution in [0.25, 0.3) is 22.3 Å². The third-order valence-corrected chi connectivity index (χ3v) is 12.5. The van der Waals surface area contributed by atoms with Crippen LogP contribution in [0.5, 0.6) is 0 Å². The van der Waals surface area contributed by atoms with Crippen LogP contribution in [0.1, 0.15) is 69.2 Å². The molecule has 3 aliphatic heterocycles. The monoisotopic (exact) mass is 857 g/mol. The van der Waals surface area contributed by atoms with Crippen LogP contribution < -0.4 is 21.9 Å². The third kappa shape index (κ3) is 9.55. The molecule has 17 heteroatoms. The summed E-state index contributed by atoms with van der Waals surface area (Å²) in [4.78, 5) is 95.0. The van der Waals surface area contributed by atoms with Gasteiger partial charge in [0, 0.05) is 62.3 Å². The fraction of sp³-hybridized carbons (Fsp3) is 0.578. The number of benzene rings is 1. The highest BCUT2D eigenvalue weighted by Crippen LogP contribution is 2.42. The van der Waals surface area contributed by atoms with Gasteiger partial charge in [-0.2, -0.15) is 0 Å². The molecule has 0 bridgehead atoms. The van der Waals surface area contributed by atoms with E-state index in [1.54, 1.807) is 31.4 Å². The molecule has 336 valence electrons. The largest absolute Gasteiger partial charge is 0.457 e. The molecule has 6 rings (SSSR count). The molecule has 17 nitrogen and oxygen atoms in total. The summed E-state index contributed by atoms with van der Waals surface area (Å²) in [6.45, 7) is 12.0. The topological polar surface area (TPSA) is 202 Å². The number of aromatic nitrogens is 2. The molecule has 0 unspecified atom stereocenters. The summed E-state index contributed by atoms with van der Waals surface area (Å²) in [5, 5.41) is 6.51. The Morgan fingerprint density at radius 1 is 1.00 bits per heavy atom. The van der Waals surface area contributed by atoms with Crippen molar-refractivity contribution < 1.29 is 33.4 Å². The van der Waals surface area contributed by atoms with Crippen molar-refractivity contribution in [3.63, 3.8) is 0 Å². The maximum atomic E-state index is 14.2. The highest BCUT2D eigenvalue weighted by molar-refractivity contribution is 5.94. The number of nitrogens with one attached hydrogen (secondary N) is 2. The Kier molecular flexibility index (Phi) is 14.8. The Labute approximate surface area is 363 Å². The number of likely N-dealkylation sites (tertiary alicyclic amines) is 1. The van der Waals surface area contributed by atoms with Crippen molar-refractivity contribution in [2.24, 2.45) is 11.7 Å². The van der Waals surface area contributed by atoms with E-state index in [1.807, 2.05) is 50.3 Å². The Morgan fingerprint density at radius 3 is 2.37 bits per heavy atom. The number of amides is 3. The third-order valence-electron chi connectivity index (χ3n) is 12.5. The number of hydrogen-bond donors (Lipinski definition) is 3. The molecule has 0 radical (unpaired) electrons. The number of aryl methyl sites for hydroxylation is 1. The summed E-state index contributed by atoms with van der Waals surface area (Å²) in [6, 6.07) is 7.46. The van der Waals surface area contributed by atoms with Crippen LogP contribution in [-0.4, -0.2) is 151 Å². The maximum absolute atomic E-state index is 14.2. The lowest BCUT2D eigenvalue weighted by Crippen LogP contribution is -2.56. The smallest absolute Gasteiger partial charge is 0.355 e. The van der Waals surface area contributed by atoms with Gasteiger partial charge in [-0.3, -0.25) is 24.1 Å². The van der Waals surface area contributed by atoms with E-state index in [-0.39, 0.29) is 48.7 Å². The number of para-hydroxylation sites is 1. The first-order valence-corrected chi connectivity index (χ1v) is 21.8. The molecule has 3 amide bonds. The number of fused-ring (bicyclic) bond motifs is 5. The number of hydrogen-bond acceptors (Lipinski definition) is 13. The van der Waals surface area contributed by atoms with Gasteiger partial charge in [-0.1, -0.05) is 45.9 Å². The molecule has 1 saturated heterocycles. The first-order valence-electron chi connectivity index (χ1n) is 21.8. The van der Waals surface area contributed by atoms with Crippen LogP contribution in [0.4, 0.5) is 0 Å². The number of esters is 2. The molecule has 62 heavy (non-hydrogen) atoms. The minimum atomic E-state index is -1.97. The molecular formula is C45H63N9O8. The first kappa shape index (κ1) is 46.3. The zero-order valence-corrected chi connectivity index (χ0v) is 37.3. The fourth-order valence-corrected chi connectivity index (χ4v) is 8.78. The van der Waals surface area contributed by atoms with Gasteiger partial charge in [0.1, 0.15) is 18.7 Å². The minimum absolute atomic E-state index is 0.0403. The maximum Gasteiger partial charge on any atom is 0.355 e. The summed E-state index contributed by atoms with van der Waals surface area (Å²) in [5.41, 5.74) is 7.73. The van der Waals surface area contributed by atoms with Crippen molar-refractivity contribution in [2.75, 3.05) is 80.0 Å². The van der Waals surface area contributed by atoms with Gasteiger partial charge in [-0.15, -0.1) is 0 Å². The van der Waals surface area contributed by atoms with E-state index in [0.717, 1.165) is 54.6 Å². The molecule has 3 aliphatic rings. The molecular weight excluding hydrogens is 795 g/mol. The van der Waals surface area contributed by atoms with Gasteiger partial charge in [-0.25, -0.2) is 14.6 Å². The van der Waals surface area contributed by atoms with E-state index in [4.69, 9.17) is 20.2 Å². The fourth-order valence-electron chi connectivity index (χ4n) is 8.78. The van der Waals surface area contributed by atoms with Crippen LogP contribution in [0.3, 0.4) is 0 Å². The summed E-state index contributed by atoms with van der Waals surface area (Å²) >= 11 is 0. The normalized spacial score (nSPS) is 18.5. The minimum Gasteiger partial charge on any atom is -0.457 e. The zero-order valence-electron chi connectivity index (χ0n) is 37.3. The second-order valence-corrected chi connectivity index (χ2v) is 17.2. The molecule has 1 aromatic carbocycles. The van der Waals surface area contributed by atoms with Crippen molar-refractivity contribution in [1.29, 1.82) is 0 Å². The van der Waals surface area contributed by atoms with E-state index < -0.39 is 47.4 Å². The standard InChI is InChI=1S/C45H63N9O8/c1-8-29-30-13-10-11-14-34(30)48-40-31(29)25-54-36(40)23-33-32(42(54)58)27-61-44(60)45(33,9-2)62-43(59)39(28(3)4)49-41(57)35-15-12-17-53(35)38(56)24-47-37(55)26-52(7)22-21-51(6)20-19-50(5)18-16-46/h10-11,13-14,23,28,35,39H,8-9,12,15-22,24-27,46H2,1-7H3,(H,47,55)(H,49,57)/t35-,39-,45-/m0/s1. The average molecular weight is 858 g/mol. The van der Waals surface area contributed by atoms with E-state index in [1.165, 1.54) is 4.90 Å². The molecule has 1 fully saturated rings. The molecule has 5 heterocycles. The summed E-state index contributed by atoms with van der Waals surface area (Å²) in [5.74, 6) is -3.45. The van der Waals surface area contributed by atoms with Gasteiger partial charge in [0.2, 0.25) is 23.3 Å². The van der Waals surface area contributed by atoms with E-state index in [9.17, 15) is 28.8 Å². The lowest BCUT2D eigenvalue weighted by molar-refractivity contribution is -0.191. The van der Waals surface area contributed by atoms with Gasteiger partial charge in [0.15, 0.2) is 0 Å². The molecule has 0 spiro atoms. The predicted octanol–water partition coefficient (Wildman–Crippen LogP) is 1.20. The summed E-state index contributed by atoms with van der Waals surface area (Å²) in [7, 11) is 5.90. The number of pyridine rings is 2. The number of nitrogens with two attached hydrogens (primary N) is 1. The second-order valence-electron chi connectivity index (χ2n) is 17.2. The number of cyclic esters (lactones) is 1. The van der Waals surface area contributed by atoms with Gasteiger partial charge >= 0.3 is 11.9 Å². The number of nitrogens with zero attached hydrogens (tertiary/aromatic N) is 6. The van der Waals surface area contributed by atoms with Crippen molar-refractivity contribution in [1.82, 2.24) is 39.8 Å². The van der Waals surface area contributed by atoms with Gasteiger partial charge in [-0.05, 0) is 70.4 Å². The summed E-state index contributed by atoms with van der Waals surface area (Å²) in [6.07, 6.45) is 1.61. The number of carbonyl (C=O) groups is 5. The summed E-state index contributed by atoms with van der Waals surface area (Å²) < 4.78 is 13.4. The lowest BCUT2D eigenvalue weighted by Gasteiger charge is -2.37. The lowest BCUT2D eigenvalue weighted by atomic mass is 9.85. The first-order chi connectivity index (χ1) is 29.6. The Bertz CT molecular complexity index is 2240. The van der Waals surface area contributed by atoms with Gasteiger partial charge < -0.3 is 45.1 Å². The number of ether oxygens (including phenoxy) is 2. The Balaban J connectivity index is 1.11. The van der Waals surface area contributed by atoms with Crippen LogP contribution in [0, 0.1) is 5.92 Å². The highest BCUT2D eigenvalue weighted by atomic mass is 16.6. The van der Waals surface area contributed by atoms with E-state index >= 15 is 0 Å². The van der Waals surface area contributed by atoms with Crippen molar-refractivity contribution in [2.45, 2.75) is 84.2 Å². The Morgan fingerprint density at radius 2 is 1.69 bits per heavy atom. The van der Waals surface area contributed by atoms with Crippen LogP contribution in [-0.2, 0) is 58.6 Å².